The fourth-order valence-electron chi connectivity index (χ4n) is 2.13. The van der Waals surface area contributed by atoms with Crippen molar-refractivity contribution in [3.05, 3.63) is 0 Å². The summed E-state index contributed by atoms with van der Waals surface area (Å²) in [5.41, 5.74) is 0. The molecule has 1 fully saturated rings. The number of rotatable bonds is 6. The van der Waals surface area contributed by atoms with Crippen molar-refractivity contribution >= 4 is 11.8 Å². The van der Waals surface area contributed by atoms with Crippen LogP contribution in [0.15, 0.2) is 0 Å². The summed E-state index contributed by atoms with van der Waals surface area (Å²) in [6.45, 7) is 1.08. The Morgan fingerprint density at radius 2 is 1.35 bits per heavy atom. The van der Waals surface area contributed by atoms with Crippen LogP contribution >= 0.6 is 0 Å². The highest BCUT2D eigenvalue weighted by Gasteiger charge is 2.51. The number of ketones is 1. The van der Waals surface area contributed by atoms with Gasteiger partial charge in [0.2, 0.25) is 0 Å². The Hall–Kier alpha value is -1.18. The Kier molecular flexibility index (Phi) is 6.56. The summed E-state index contributed by atoms with van der Waals surface area (Å²) in [5.74, 6) is -3.15. The first-order valence-electron chi connectivity index (χ1n) is 6.69. The Bertz CT molecular complexity index is 439. The smallest absolute Gasteiger partial charge is 0.335 e. The maximum atomic E-state index is 12.0. The van der Waals surface area contributed by atoms with Crippen LogP contribution in [0.25, 0.3) is 0 Å². The van der Waals surface area contributed by atoms with Gasteiger partial charge in [0, 0.05) is 0 Å². The van der Waals surface area contributed by atoms with Crippen LogP contribution in [0.2, 0.25) is 0 Å². The molecular weight excluding hydrogens is 320 g/mol. The number of carbonyl (C=O) groups excluding carboxylic acids is 1. The first-order valence-corrected chi connectivity index (χ1v) is 6.69. The van der Waals surface area contributed by atoms with Gasteiger partial charge in [-0.15, -0.1) is 0 Å². The number of hydrogen-bond donors (Lipinski definition) is 8. The van der Waals surface area contributed by atoms with Gasteiger partial charge in [-0.3, -0.25) is 4.79 Å². The maximum absolute atomic E-state index is 12.0. The minimum absolute atomic E-state index is 1.08. The maximum Gasteiger partial charge on any atom is 0.335 e. The quantitative estimate of drug-likeness (QED) is 0.229. The van der Waals surface area contributed by atoms with Gasteiger partial charge in [-0.05, 0) is 6.92 Å². The van der Waals surface area contributed by atoms with Crippen LogP contribution in [0.5, 0.6) is 0 Å². The van der Waals surface area contributed by atoms with Gasteiger partial charge in [-0.25, -0.2) is 4.79 Å². The van der Waals surface area contributed by atoms with Crippen molar-refractivity contribution in [3.63, 3.8) is 0 Å². The third kappa shape index (κ3) is 4.02. The van der Waals surface area contributed by atoms with Crippen molar-refractivity contribution in [2.75, 3.05) is 0 Å². The molecule has 134 valence electrons. The highest BCUT2D eigenvalue weighted by atomic mass is 16.6. The van der Waals surface area contributed by atoms with E-state index in [1.54, 1.807) is 0 Å². The third-order valence-electron chi connectivity index (χ3n) is 3.60. The van der Waals surface area contributed by atoms with E-state index < -0.39 is 66.7 Å². The van der Waals surface area contributed by atoms with E-state index in [0.717, 1.165) is 6.92 Å². The van der Waals surface area contributed by atoms with Crippen LogP contribution in [0.1, 0.15) is 6.92 Å². The second-order valence-corrected chi connectivity index (χ2v) is 5.36. The van der Waals surface area contributed by atoms with Crippen molar-refractivity contribution in [2.24, 2.45) is 0 Å². The second kappa shape index (κ2) is 7.59. The standard InChI is InChI=1S/C12H20O11/c1-2(13)3(14)4(15)5(16)7(18)10-8(19)6(17)9(20)11(23-10)12(21)22/h2-6,8-11,13-17,19-20H,1H3,(H,21,22)/t2-,3-,4+,5+,6+,8+,9+,10?,11-/m0/s1. The molecule has 1 rings (SSSR count). The van der Waals surface area contributed by atoms with E-state index in [-0.39, 0.29) is 0 Å². The number of aliphatic carboxylic acids is 1. The molecule has 11 heteroatoms. The van der Waals surface area contributed by atoms with Crippen molar-refractivity contribution in [2.45, 2.75) is 61.9 Å². The predicted molar refractivity (Wildman–Crippen MR) is 69.0 cm³/mol. The molecule has 0 bridgehead atoms. The number of ether oxygens (including phenoxy) is 1. The lowest BCUT2D eigenvalue weighted by Crippen LogP contribution is -2.64. The molecule has 1 saturated heterocycles. The lowest BCUT2D eigenvalue weighted by atomic mass is 9.89. The predicted octanol–water partition coefficient (Wildman–Crippen LogP) is -5.05. The molecule has 23 heavy (non-hydrogen) atoms. The molecule has 11 nitrogen and oxygen atoms in total. The van der Waals surface area contributed by atoms with Gasteiger partial charge in [0.05, 0.1) is 6.10 Å². The van der Waals surface area contributed by atoms with Crippen molar-refractivity contribution in [3.8, 4) is 0 Å². The average molecular weight is 340 g/mol. The first-order chi connectivity index (χ1) is 10.5. The van der Waals surface area contributed by atoms with E-state index in [2.05, 4.69) is 0 Å². The molecule has 1 aliphatic rings. The second-order valence-electron chi connectivity index (χ2n) is 5.36. The van der Waals surface area contributed by atoms with Crippen molar-refractivity contribution in [1.82, 2.24) is 0 Å². The number of aliphatic hydroxyl groups excluding tert-OH is 7. The fourth-order valence-corrected chi connectivity index (χ4v) is 2.13. The normalized spacial score (nSPS) is 36.8. The minimum Gasteiger partial charge on any atom is -0.479 e. The zero-order valence-electron chi connectivity index (χ0n) is 12.0. The van der Waals surface area contributed by atoms with Gasteiger partial charge >= 0.3 is 5.97 Å². The lowest BCUT2D eigenvalue weighted by molar-refractivity contribution is -0.229. The van der Waals surface area contributed by atoms with Gasteiger partial charge < -0.3 is 45.6 Å². The van der Waals surface area contributed by atoms with E-state index >= 15 is 0 Å². The molecule has 0 aliphatic carbocycles. The molecular formula is C12H20O11. The average Bonchev–Trinajstić information content (AvgIpc) is 2.49. The summed E-state index contributed by atoms with van der Waals surface area (Å²) >= 11 is 0. The monoisotopic (exact) mass is 340 g/mol. The summed E-state index contributed by atoms with van der Waals surface area (Å²) in [6.07, 6.45) is -18.1. The highest BCUT2D eigenvalue weighted by Crippen LogP contribution is 2.24. The van der Waals surface area contributed by atoms with Crippen molar-refractivity contribution in [1.29, 1.82) is 0 Å². The van der Waals surface area contributed by atoms with Gasteiger partial charge in [-0.1, -0.05) is 0 Å². The summed E-state index contributed by atoms with van der Waals surface area (Å²) < 4.78 is 4.69. The van der Waals surface area contributed by atoms with Crippen LogP contribution in [-0.4, -0.2) is 108 Å². The molecule has 0 aromatic carbocycles. The Morgan fingerprint density at radius 1 is 0.870 bits per heavy atom. The molecule has 1 aliphatic heterocycles. The number of hydrogen-bond acceptors (Lipinski definition) is 10. The SMILES string of the molecule is C[C@H](O)[C@H](O)[C@@H](O)[C@@H](O)C(=O)C1O[C@H](C(=O)O)[C@H](O)[C@H](O)[C@H]1O. The van der Waals surface area contributed by atoms with Gasteiger partial charge in [0.1, 0.15) is 42.7 Å². The molecule has 0 radical (unpaired) electrons. The number of carbonyl (C=O) groups is 2. The van der Waals surface area contributed by atoms with E-state index in [4.69, 9.17) is 14.9 Å². The van der Waals surface area contributed by atoms with Gasteiger partial charge in [0.15, 0.2) is 11.9 Å². The van der Waals surface area contributed by atoms with Crippen LogP contribution in [0, 0.1) is 0 Å². The molecule has 0 saturated carbocycles. The number of carboxylic acids is 1. The minimum atomic E-state index is -2.34. The Balaban J connectivity index is 2.94. The molecule has 1 heterocycles. The summed E-state index contributed by atoms with van der Waals surface area (Å²) in [6, 6.07) is 0. The molecule has 0 amide bonds. The van der Waals surface area contributed by atoms with E-state index in [9.17, 15) is 40.2 Å². The first kappa shape index (κ1) is 19.9. The van der Waals surface area contributed by atoms with Crippen LogP contribution in [0.4, 0.5) is 0 Å². The third-order valence-corrected chi connectivity index (χ3v) is 3.60. The topological polar surface area (TPSA) is 205 Å². The van der Waals surface area contributed by atoms with Gasteiger partial charge in [0.25, 0.3) is 0 Å². The largest absolute Gasteiger partial charge is 0.479 e. The lowest BCUT2D eigenvalue weighted by Gasteiger charge is -2.39. The number of carboxylic acid groups (broad SMARTS) is 1. The highest BCUT2D eigenvalue weighted by molar-refractivity contribution is 5.89. The number of aliphatic hydroxyl groups is 7. The zero-order chi connectivity index (χ0) is 18.1. The Morgan fingerprint density at radius 3 is 1.78 bits per heavy atom. The van der Waals surface area contributed by atoms with Gasteiger partial charge in [-0.2, -0.15) is 0 Å². The summed E-state index contributed by atoms with van der Waals surface area (Å²) in [4.78, 5) is 22.9. The van der Waals surface area contributed by atoms with Crippen LogP contribution in [0.3, 0.4) is 0 Å². The van der Waals surface area contributed by atoms with E-state index in [1.165, 1.54) is 0 Å². The molecule has 0 aromatic rings. The molecule has 1 unspecified atom stereocenters. The molecule has 0 aromatic heterocycles. The van der Waals surface area contributed by atoms with Crippen LogP contribution < -0.4 is 0 Å². The summed E-state index contributed by atoms with van der Waals surface area (Å²) in [5, 5.41) is 75.4. The zero-order valence-corrected chi connectivity index (χ0v) is 12.0. The number of Topliss-reactive ketones (excluding diaryl/α,β-unsaturated/α-hetero) is 1. The van der Waals surface area contributed by atoms with Crippen molar-refractivity contribution < 1.29 is 55.2 Å². The molecule has 0 spiro atoms. The summed E-state index contributed by atoms with van der Waals surface area (Å²) in [7, 11) is 0. The Labute approximate surface area is 130 Å². The fraction of sp³-hybridized carbons (Fsp3) is 0.833. The van der Waals surface area contributed by atoms with E-state index in [1.807, 2.05) is 0 Å². The molecule has 8 N–H and O–H groups in total. The molecule has 9 atom stereocenters. The van der Waals surface area contributed by atoms with E-state index in [0.29, 0.717) is 0 Å². The van der Waals surface area contributed by atoms with Crippen LogP contribution in [-0.2, 0) is 14.3 Å².